The van der Waals surface area contributed by atoms with Crippen LogP contribution in [-0.2, 0) is 0 Å². The van der Waals surface area contributed by atoms with Crippen molar-refractivity contribution in [3.63, 3.8) is 0 Å². The first-order valence-corrected chi connectivity index (χ1v) is 12.0. The molecule has 0 radical (unpaired) electrons. The minimum atomic E-state index is -0.527. The van der Waals surface area contributed by atoms with E-state index in [1.165, 1.54) is 18.2 Å². The van der Waals surface area contributed by atoms with Gasteiger partial charge in [-0.1, -0.05) is 35.9 Å². The van der Waals surface area contributed by atoms with Crippen LogP contribution in [0.25, 0.3) is 11.0 Å². The van der Waals surface area contributed by atoms with Gasteiger partial charge in [0.05, 0.1) is 32.9 Å². The Bertz CT molecular complexity index is 1560. The van der Waals surface area contributed by atoms with Gasteiger partial charge in [0.1, 0.15) is 0 Å². The summed E-state index contributed by atoms with van der Waals surface area (Å²) < 4.78 is 0. The molecule has 2 aliphatic heterocycles. The van der Waals surface area contributed by atoms with Gasteiger partial charge >= 0.3 is 0 Å². The lowest BCUT2D eigenvalue weighted by Gasteiger charge is -2.20. The van der Waals surface area contributed by atoms with Crippen LogP contribution in [0.1, 0.15) is 43.9 Å². The SMILES string of the molecule is O=C(Nc1nc2ccccc2nc1N1CCCC1)c1ccc2c(c1)C(=O)N(c1ccccc1Cl)C2=O. The lowest BCUT2D eigenvalue weighted by molar-refractivity contribution is 0.0925. The Labute approximate surface area is 211 Å². The first kappa shape index (κ1) is 22.2. The maximum Gasteiger partial charge on any atom is 0.266 e. The third-order valence-electron chi connectivity index (χ3n) is 6.43. The monoisotopic (exact) mass is 497 g/mol. The van der Waals surface area contributed by atoms with Crippen LogP contribution in [0, 0.1) is 0 Å². The Hall–Kier alpha value is -4.30. The number of aromatic nitrogens is 2. The molecule has 4 aromatic rings. The fourth-order valence-electron chi connectivity index (χ4n) is 4.64. The third kappa shape index (κ3) is 3.67. The summed E-state index contributed by atoms with van der Waals surface area (Å²) in [5.41, 5.74) is 2.33. The van der Waals surface area contributed by atoms with Crippen LogP contribution in [-0.4, -0.2) is 40.8 Å². The number of halogens is 1. The van der Waals surface area contributed by atoms with E-state index >= 15 is 0 Å². The summed E-state index contributed by atoms with van der Waals surface area (Å²) in [6.07, 6.45) is 2.09. The predicted molar refractivity (Wildman–Crippen MR) is 138 cm³/mol. The molecule has 178 valence electrons. The Balaban J connectivity index is 1.33. The van der Waals surface area contributed by atoms with Gasteiger partial charge < -0.3 is 10.2 Å². The predicted octanol–water partition coefficient (Wildman–Crippen LogP) is 4.94. The van der Waals surface area contributed by atoms with Gasteiger partial charge in [-0.15, -0.1) is 0 Å². The van der Waals surface area contributed by atoms with Gasteiger partial charge in [-0.3, -0.25) is 14.4 Å². The van der Waals surface area contributed by atoms with Gasteiger partial charge in [0.2, 0.25) is 0 Å². The van der Waals surface area contributed by atoms with Gasteiger partial charge in [-0.2, -0.15) is 0 Å². The molecular formula is C27H20ClN5O3. The van der Waals surface area contributed by atoms with Crippen LogP contribution in [0.5, 0.6) is 0 Å². The Morgan fingerprint density at radius 2 is 1.50 bits per heavy atom. The number of para-hydroxylation sites is 3. The molecule has 1 N–H and O–H groups in total. The number of carbonyl (C=O) groups is 3. The van der Waals surface area contributed by atoms with E-state index in [0.717, 1.165) is 36.3 Å². The molecule has 0 aliphatic carbocycles. The molecule has 3 aromatic carbocycles. The molecule has 1 fully saturated rings. The number of carbonyl (C=O) groups excluding carboxylic acids is 3. The minimum absolute atomic E-state index is 0.150. The van der Waals surface area contributed by atoms with E-state index in [0.29, 0.717) is 22.8 Å². The van der Waals surface area contributed by atoms with Crippen LogP contribution < -0.4 is 15.1 Å². The number of fused-ring (bicyclic) bond motifs is 2. The summed E-state index contributed by atoms with van der Waals surface area (Å²) in [4.78, 5) is 52.0. The Kier molecular flexibility index (Phi) is 5.38. The zero-order valence-corrected chi connectivity index (χ0v) is 19.8. The Morgan fingerprint density at radius 1 is 0.833 bits per heavy atom. The van der Waals surface area contributed by atoms with Crippen LogP contribution in [0.15, 0.2) is 66.7 Å². The van der Waals surface area contributed by atoms with Gasteiger partial charge in [-0.25, -0.2) is 14.9 Å². The summed E-state index contributed by atoms with van der Waals surface area (Å²) in [6.45, 7) is 1.67. The number of hydrogen-bond donors (Lipinski definition) is 1. The highest BCUT2D eigenvalue weighted by Gasteiger charge is 2.38. The van der Waals surface area contributed by atoms with Crippen molar-refractivity contribution in [1.82, 2.24) is 9.97 Å². The number of anilines is 3. The number of nitrogens with one attached hydrogen (secondary N) is 1. The summed E-state index contributed by atoms with van der Waals surface area (Å²) >= 11 is 6.23. The molecule has 0 unspecified atom stereocenters. The van der Waals surface area contributed by atoms with E-state index < -0.39 is 17.7 Å². The van der Waals surface area contributed by atoms with Gasteiger partial charge in [-0.05, 0) is 55.3 Å². The molecule has 1 aromatic heterocycles. The number of amides is 3. The molecule has 36 heavy (non-hydrogen) atoms. The maximum absolute atomic E-state index is 13.3. The zero-order chi connectivity index (χ0) is 24.8. The lowest BCUT2D eigenvalue weighted by atomic mass is 10.1. The molecule has 2 aliphatic rings. The maximum atomic E-state index is 13.3. The molecular weight excluding hydrogens is 478 g/mol. The molecule has 1 saturated heterocycles. The standard InChI is InChI=1S/C27H20ClN5O3/c28-19-7-1-4-10-22(19)33-26(35)17-12-11-16(15-18(17)27(33)36)25(34)31-23-24(32-13-5-6-14-32)30-21-9-3-2-8-20(21)29-23/h1-4,7-12,15H,5-6,13-14H2,(H,29,31,34). The van der Waals surface area contributed by atoms with E-state index in [9.17, 15) is 14.4 Å². The van der Waals surface area contributed by atoms with Crippen molar-refractivity contribution in [2.24, 2.45) is 0 Å². The quantitative estimate of drug-likeness (QED) is 0.401. The van der Waals surface area contributed by atoms with Gasteiger partial charge in [0, 0.05) is 18.7 Å². The van der Waals surface area contributed by atoms with Crippen LogP contribution in [0.2, 0.25) is 5.02 Å². The first-order valence-electron chi connectivity index (χ1n) is 11.6. The van der Waals surface area contributed by atoms with E-state index in [2.05, 4.69) is 15.2 Å². The molecule has 3 amide bonds. The number of nitrogens with zero attached hydrogens (tertiary/aromatic N) is 4. The van der Waals surface area contributed by atoms with Crippen molar-refractivity contribution < 1.29 is 14.4 Å². The molecule has 6 rings (SSSR count). The van der Waals surface area contributed by atoms with Crippen molar-refractivity contribution >= 4 is 57.7 Å². The third-order valence-corrected chi connectivity index (χ3v) is 6.75. The topological polar surface area (TPSA) is 95.5 Å². The second kappa shape index (κ2) is 8.73. The van der Waals surface area contributed by atoms with Crippen LogP contribution in [0.4, 0.5) is 17.3 Å². The number of hydrogen-bond acceptors (Lipinski definition) is 6. The zero-order valence-electron chi connectivity index (χ0n) is 19.1. The Morgan fingerprint density at radius 3 is 2.25 bits per heavy atom. The fraction of sp³-hybridized carbons (Fsp3) is 0.148. The van der Waals surface area contributed by atoms with Crippen molar-refractivity contribution in [3.05, 3.63) is 88.4 Å². The van der Waals surface area contributed by atoms with Gasteiger partial charge in [0.25, 0.3) is 17.7 Å². The van der Waals surface area contributed by atoms with Crippen molar-refractivity contribution in [3.8, 4) is 0 Å². The minimum Gasteiger partial charge on any atom is -0.354 e. The molecule has 0 saturated carbocycles. The van der Waals surface area contributed by atoms with E-state index in [1.54, 1.807) is 24.3 Å². The van der Waals surface area contributed by atoms with Crippen molar-refractivity contribution in [2.45, 2.75) is 12.8 Å². The fourth-order valence-corrected chi connectivity index (χ4v) is 4.86. The summed E-state index contributed by atoms with van der Waals surface area (Å²) in [7, 11) is 0. The van der Waals surface area contributed by atoms with Gasteiger partial charge in [0.15, 0.2) is 11.6 Å². The van der Waals surface area contributed by atoms with Crippen molar-refractivity contribution in [1.29, 1.82) is 0 Å². The molecule has 8 nitrogen and oxygen atoms in total. The molecule has 9 heteroatoms. The smallest absolute Gasteiger partial charge is 0.266 e. The highest BCUT2D eigenvalue weighted by atomic mass is 35.5. The normalized spacial score (nSPS) is 15.0. The molecule has 3 heterocycles. The highest BCUT2D eigenvalue weighted by molar-refractivity contribution is 6.40. The second-order valence-electron chi connectivity index (χ2n) is 8.69. The van der Waals surface area contributed by atoms with Crippen LogP contribution in [0.3, 0.4) is 0 Å². The number of imide groups is 1. The van der Waals surface area contributed by atoms with E-state index in [1.807, 2.05) is 24.3 Å². The molecule has 0 spiro atoms. The second-order valence-corrected chi connectivity index (χ2v) is 9.10. The molecule has 0 atom stereocenters. The summed E-state index contributed by atoms with van der Waals surface area (Å²) in [5, 5.41) is 3.17. The largest absolute Gasteiger partial charge is 0.354 e. The number of rotatable bonds is 4. The molecule has 0 bridgehead atoms. The first-order chi connectivity index (χ1) is 17.5. The number of benzene rings is 3. The average molecular weight is 498 g/mol. The van der Waals surface area contributed by atoms with Crippen LogP contribution >= 0.6 is 11.6 Å². The summed E-state index contributed by atoms with van der Waals surface area (Å²) in [5.74, 6) is -0.467. The highest BCUT2D eigenvalue weighted by Crippen LogP contribution is 2.34. The summed E-state index contributed by atoms with van der Waals surface area (Å²) in [6, 6.07) is 18.6. The van der Waals surface area contributed by atoms with E-state index in [4.69, 9.17) is 16.6 Å². The van der Waals surface area contributed by atoms with E-state index in [-0.39, 0.29) is 21.7 Å². The lowest BCUT2D eigenvalue weighted by Crippen LogP contribution is -2.29. The average Bonchev–Trinajstić information content (AvgIpc) is 3.51. The van der Waals surface area contributed by atoms with Crippen molar-refractivity contribution in [2.75, 3.05) is 28.2 Å².